The maximum Gasteiger partial charge on any atom is 0.130 e. The molecule has 2 aliphatic rings. The van der Waals surface area contributed by atoms with Gasteiger partial charge in [-0.2, -0.15) is 0 Å². The van der Waals surface area contributed by atoms with Crippen LogP contribution in [-0.4, -0.2) is 29.0 Å². The lowest BCUT2D eigenvalue weighted by Gasteiger charge is -2.30. The normalized spacial score (nSPS) is 25.1. The summed E-state index contributed by atoms with van der Waals surface area (Å²) in [6, 6.07) is 5.57. The lowest BCUT2D eigenvalue weighted by Crippen LogP contribution is -2.29. The largest absolute Gasteiger partial charge is 0.367 e. The Bertz CT molecular complexity index is 400. The summed E-state index contributed by atoms with van der Waals surface area (Å²) in [6.07, 6.45) is 8.48. The molecule has 2 fully saturated rings. The van der Waals surface area contributed by atoms with E-state index in [9.17, 15) is 0 Å². The van der Waals surface area contributed by atoms with Crippen molar-refractivity contribution in [1.82, 2.24) is 9.88 Å². The summed E-state index contributed by atoms with van der Waals surface area (Å²) in [5.74, 6) is 1.13. The van der Waals surface area contributed by atoms with Crippen molar-refractivity contribution in [3.63, 3.8) is 0 Å². The van der Waals surface area contributed by atoms with Gasteiger partial charge in [0, 0.05) is 23.8 Å². The fourth-order valence-corrected chi connectivity index (χ4v) is 3.11. The summed E-state index contributed by atoms with van der Waals surface area (Å²) < 4.78 is 0. The Balaban J connectivity index is 1.81. The van der Waals surface area contributed by atoms with Crippen LogP contribution < -0.4 is 5.32 Å². The fraction of sp³-hybridized carbons (Fsp3) is 0.667. The van der Waals surface area contributed by atoms with Gasteiger partial charge >= 0.3 is 0 Å². The van der Waals surface area contributed by atoms with E-state index in [0.717, 1.165) is 12.4 Å². The van der Waals surface area contributed by atoms with Crippen molar-refractivity contribution in [2.24, 2.45) is 0 Å². The molecule has 0 aromatic carbocycles. The molecule has 1 aliphatic heterocycles. The molecule has 3 heteroatoms. The Hall–Kier alpha value is -1.09. The van der Waals surface area contributed by atoms with E-state index in [1.165, 1.54) is 44.2 Å². The van der Waals surface area contributed by atoms with Crippen LogP contribution in [0.5, 0.6) is 0 Å². The number of anilines is 1. The highest BCUT2D eigenvalue weighted by Crippen LogP contribution is 2.35. The lowest BCUT2D eigenvalue weighted by molar-refractivity contribution is 0.271. The van der Waals surface area contributed by atoms with Crippen molar-refractivity contribution >= 4 is 5.82 Å². The predicted molar refractivity (Wildman–Crippen MR) is 74.7 cm³/mol. The minimum absolute atomic E-state index is 0.575. The molecular weight excluding hydrogens is 222 g/mol. The van der Waals surface area contributed by atoms with Crippen molar-refractivity contribution in [2.45, 2.75) is 51.1 Å². The third-order valence-corrected chi connectivity index (χ3v) is 4.41. The average molecular weight is 245 g/mol. The van der Waals surface area contributed by atoms with Crippen LogP contribution in [0.1, 0.15) is 50.6 Å². The summed E-state index contributed by atoms with van der Waals surface area (Å²) in [5, 5.41) is 3.63. The highest BCUT2D eigenvalue weighted by atomic mass is 15.2. The molecule has 0 spiro atoms. The van der Waals surface area contributed by atoms with Gasteiger partial charge < -0.3 is 5.32 Å². The zero-order chi connectivity index (χ0) is 12.4. The van der Waals surface area contributed by atoms with Gasteiger partial charge in [0.2, 0.25) is 0 Å². The maximum atomic E-state index is 4.58. The molecule has 2 heterocycles. The standard InChI is InChI=1S/C15H23N3/c1-2-18-11-5-9-14(18)13-8-4-10-16-15(13)17-12-6-3-7-12/h4,8,10,12,14H,2-3,5-7,9,11H2,1H3,(H,16,17)/t14-/m1/s1. The second-order valence-corrected chi connectivity index (χ2v) is 5.50. The van der Waals surface area contributed by atoms with Crippen LogP contribution in [0.3, 0.4) is 0 Å². The van der Waals surface area contributed by atoms with Crippen LogP contribution >= 0.6 is 0 Å². The Morgan fingerprint density at radius 2 is 2.22 bits per heavy atom. The van der Waals surface area contributed by atoms with Gasteiger partial charge in [-0.05, 0) is 51.3 Å². The number of nitrogens with one attached hydrogen (secondary N) is 1. The zero-order valence-electron chi connectivity index (χ0n) is 11.2. The number of aromatic nitrogens is 1. The van der Waals surface area contributed by atoms with E-state index in [0.29, 0.717) is 12.1 Å². The maximum absolute atomic E-state index is 4.58. The molecule has 1 aromatic rings. The molecule has 18 heavy (non-hydrogen) atoms. The van der Waals surface area contributed by atoms with Gasteiger partial charge in [0.25, 0.3) is 0 Å². The molecule has 98 valence electrons. The van der Waals surface area contributed by atoms with Gasteiger partial charge in [0.1, 0.15) is 5.82 Å². The SMILES string of the molecule is CCN1CCC[C@@H]1c1cccnc1NC1CCC1. The third kappa shape index (κ3) is 2.24. The molecule has 3 rings (SSSR count). The number of hydrogen-bond donors (Lipinski definition) is 1. The first-order valence-corrected chi connectivity index (χ1v) is 7.34. The summed E-state index contributed by atoms with van der Waals surface area (Å²) in [4.78, 5) is 7.15. The molecule has 1 N–H and O–H groups in total. The molecule has 0 radical (unpaired) electrons. The van der Waals surface area contributed by atoms with Gasteiger partial charge in [-0.15, -0.1) is 0 Å². The van der Waals surface area contributed by atoms with Crippen LogP contribution in [0.2, 0.25) is 0 Å². The molecular formula is C15H23N3. The van der Waals surface area contributed by atoms with E-state index in [-0.39, 0.29) is 0 Å². The van der Waals surface area contributed by atoms with Gasteiger partial charge in [0.05, 0.1) is 0 Å². The van der Waals surface area contributed by atoms with Crippen LogP contribution in [0.15, 0.2) is 18.3 Å². The summed E-state index contributed by atoms with van der Waals surface area (Å²) >= 11 is 0. The van der Waals surface area contributed by atoms with Gasteiger partial charge in [-0.25, -0.2) is 4.98 Å². The summed E-state index contributed by atoms with van der Waals surface area (Å²) in [7, 11) is 0. The van der Waals surface area contributed by atoms with Crippen molar-refractivity contribution in [2.75, 3.05) is 18.4 Å². The topological polar surface area (TPSA) is 28.2 Å². The number of pyridine rings is 1. The van der Waals surface area contributed by atoms with Crippen molar-refractivity contribution in [3.8, 4) is 0 Å². The van der Waals surface area contributed by atoms with Crippen LogP contribution in [0.25, 0.3) is 0 Å². The van der Waals surface area contributed by atoms with Crippen LogP contribution in [-0.2, 0) is 0 Å². The van der Waals surface area contributed by atoms with Crippen LogP contribution in [0, 0.1) is 0 Å². The van der Waals surface area contributed by atoms with E-state index < -0.39 is 0 Å². The van der Waals surface area contributed by atoms with Gasteiger partial charge in [-0.3, -0.25) is 4.90 Å². The Morgan fingerprint density at radius 3 is 2.94 bits per heavy atom. The predicted octanol–water partition coefficient (Wildman–Crippen LogP) is 3.20. The smallest absolute Gasteiger partial charge is 0.130 e. The number of rotatable bonds is 4. The highest BCUT2D eigenvalue weighted by Gasteiger charge is 2.28. The van der Waals surface area contributed by atoms with Gasteiger partial charge in [0.15, 0.2) is 0 Å². The van der Waals surface area contributed by atoms with E-state index in [1.807, 2.05) is 6.20 Å². The molecule has 1 saturated heterocycles. The third-order valence-electron chi connectivity index (χ3n) is 4.41. The molecule has 0 unspecified atom stereocenters. The van der Waals surface area contributed by atoms with E-state index in [4.69, 9.17) is 0 Å². The fourth-order valence-electron chi connectivity index (χ4n) is 3.11. The zero-order valence-corrected chi connectivity index (χ0v) is 11.2. The Labute approximate surface area is 110 Å². The summed E-state index contributed by atoms with van der Waals surface area (Å²) in [6.45, 7) is 4.63. The molecule has 1 aromatic heterocycles. The first-order valence-electron chi connectivity index (χ1n) is 7.34. The number of nitrogens with zero attached hydrogens (tertiary/aromatic N) is 2. The Morgan fingerprint density at radius 1 is 1.33 bits per heavy atom. The van der Waals surface area contributed by atoms with E-state index in [1.54, 1.807) is 0 Å². The lowest BCUT2D eigenvalue weighted by atomic mass is 9.92. The molecule has 3 nitrogen and oxygen atoms in total. The first-order chi connectivity index (χ1) is 8.88. The molecule has 1 atom stereocenters. The second kappa shape index (κ2) is 5.27. The second-order valence-electron chi connectivity index (χ2n) is 5.50. The monoisotopic (exact) mass is 245 g/mol. The van der Waals surface area contributed by atoms with Crippen LogP contribution in [0.4, 0.5) is 5.82 Å². The van der Waals surface area contributed by atoms with E-state index in [2.05, 4.69) is 34.3 Å². The van der Waals surface area contributed by atoms with Crippen molar-refractivity contribution in [3.05, 3.63) is 23.9 Å². The summed E-state index contributed by atoms with van der Waals surface area (Å²) in [5.41, 5.74) is 1.41. The molecule has 0 bridgehead atoms. The first kappa shape index (κ1) is 12.0. The number of likely N-dealkylation sites (tertiary alicyclic amines) is 1. The molecule has 0 amide bonds. The van der Waals surface area contributed by atoms with Crippen molar-refractivity contribution < 1.29 is 0 Å². The van der Waals surface area contributed by atoms with Crippen molar-refractivity contribution in [1.29, 1.82) is 0 Å². The quantitative estimate of drug-likeness (QED) is 0.883. The minimum atomic E-state index is 0.575. The average Bonchev–Trinajstić information content (AvgIpc) is 2.82. The molecule has 1 saturated carbocycles. The highest BCUT2D eigenvalue weighted by molar-refractivity contribution is 5.47. The minimum Gasteiger partial charge on any atom is -0.367 e. The number of hydrogen-bond acceptors (Lipinski definition) is 3. The van der Waals surface area contributed by atoms with E-state index >= 15 is 0 Å². The van der Waals surface area contributed by atoms with Gasteiger partial charge in [-0.1, -0.05) is 13.0 Å². The molecule has 1 aliphatic carbocycles. The Kier molecular flexibility index (Phi) is 3.50.